The molecule has 2 aromatic carbocycles. The van der Waals surface area contributed by atoms with Gasteiger partial charge < -0.3 is 14.8 Å². The van der Waals surface area contributed by atoms with Crippen LogP contribution in [0.2, 0.25) is 0 Å². The highest BCUT2D eigenvalue weighted by Gasteiger charge is 2.10. The average Bonchev–Trinajstić information content (AvgIpc) is 3.13. The number of methoxy groups -OCH3 is 1. The summed E-state index contributed by atoms with van der Waals surface area (Å²) in [5.41, 5.74) is 1.57. The number of amides is 1. The van der Waals surface area contributed by atoms with E-state index < -0.39 is 18.3 Å². The highest BCUT2D eigenvalue weighted by Crippen LogP contribution is 2.29. The molecule has 1 amide bonds. The number of nitrogens with one attached hydrogen (secondary N) is 2. The van der Waals surface area contributed by atoms with Gasteiger partial charge in [0.2, 0.25) is 5.91 Å². The van der Waals surface area contributed by atoms with E-state index in [1.165, 1.54) is 37.5 Å². The molecule has 0 radical (unpaired) electrons. The molecule has 2 N–H and O–H groups in total. The molecule has 0 atom stereocenters. The van der Waals surface area contributed by atoms with E-state index in [2.05, 4.69) is 24.7 Å². The van der Waals surface area contributed by atoms with Gasteiger partial charge in [-0.15, -0.1) is 0 Å². The van der Waals surface area contributed by atoms with Gasteiger partial charge in [-0.1, -0.05) is 23.4 Å². The molecule has 150 valence electrons. The van der Waals surface area contributed by atoms with Crippen molar-refractivity contribution in [3.8, 4) is 22.9 Å². The Hall–Kier alpha value is -3.95. The van der Waals surface area contributed by atoms with Gasteiger partial charge in [-0.25, -0.2) is 4.79 Å². The van der Waals surface area contributed by atoms with Crippen molar-refractivity contribution in [3.63, 3.8) is 0 Å². The predicted molar refractivity (Wildman–Crippen MR) is 99.8 cm³/mol. The number of carbonyl (C=O) groups excluding carboxylic acids is 1. The van der Waals surface area contributed by atoms with Crippen LogP contribution < -0.4 is 20.5 Å². The van der Waals surface area contributed by atoms with E-state index in [4.69, 9.17) is 4.74 Å². The molecule has 0 spiro atoms. The van der Waals surface area contributed by atoms with Gasteiger partial charge in [0.25, 0.3) is 0 Å². The number of carbonyl (C=O) groups is 1. The fraction of sp³-hybridized carbons (Fsp3) is 0.105. The standard InChI is InChI=1S/C19H15F2N3O5/c1-27-15-9-11(5-7-14(15)28-18(20)21)6-8-16(25)22-13-4-2-3-12(10-13)17-23-19(26)29-24-17/h2-10,18H,1H3,(H,22,25)(H,23,24,26)/b8-6+. The van der Waals surface area contributed by atoms with Gasteiger partial charge in [0.1, 0.15) is 0 Å². The fourth-order valence-corrected chi connectivity index (χ4v) is 2.44. The summed E-state index contributed by atoms with van der Waals surface area (Å²) in [6.45, 7) is -2.97. The number of aromatic amines is 1. The van der Waals surface area contributed by atoms with Crippen LogP contribution in [0.25, 0.3) is 17.5 Å². The normalized spacial score (nSPS) is 11.0. The number of benzene rings is 2. The van der Waals surface area contributed by atoms with Crippen molar-refractivity contribution >= 4 is 17.7 Å². The molecule has 8 nitrogen and oxygen atoms in total. The van der Waals surface area contributed by atoms with Crippen molar-refractivity contribution in [2.24, 2.45) is 0 Å². The first-order chi connectivity index (χ1) is 13.9. The van der Waals surface area contributed by atoms with E-state index in [1.54, 1.807) is 24.3 Å². The summed E-state index contributed by atoms with van der Waals surface area (Å²) < 4.78 is 38.5. The first-order valence-electron chi connectivity index (χ1n) is 8.23. The van der Waals surface area contributed by atoms with E-state index in [-0.39, 0.29) is 17.3 Å². The Morgan fingerprint density at radius 2 is 2.07 bits per heavy atom. The first-order valence-corrected chi connectivity index (χ1v) is 8.23. The summed E-state index contributed by atoms with van der Waals surface area (Å²) in [4.78, 5) is 25.6. The lowest BCUT2D eigenvalue weighted by molar-refractivity contribution is -0.111. The third-order valence-electron chi connectivity index (χ3n) is 3.67. The quantitative estimate of drug-likeness (QED) is 0.587. The van der Waals surface area contributed by atoms with Crippen molar-refractivity contribution in [2.45, 2.75) is 6.61 Å². The maximum Gasteiger partial charge on any atom is 0.439 e. The zero-order chi connectivity index (χ0) is 20.8. The second kappa shape index (κ2) is 8.83. The predicted octanol–water partition coefficient (Wildman–Crippen LogP) is 3.29. The molecule has 0 aliphatic heterocycles. The minimum atomic E-state index is -2.97. The average molecular weight is 403 g/mol. The number of hydrogen-bond donors (Lipinski definition) is 2. The Bertz CT molecular complexity index is 1090. The van der Waals surface area contributed by atoms with E-state index in [1.807, 2.05) is 0 Å². The molecule has 3 aromatic rings. The molecular weight excluding hydrogens is 388 g/mol. The van der Waals surface area contributed by atoms with E-state index in [0.717, 1.165) is 0 Å². The molecule has 0 saturated carbocycles. The molecule has 3 rings (SSSR count). The number of hydrogen-bond acceptors (Lipinski definition) is 6. The van der Waals surface area contributed by atoms with Crippen LogP contribution >= 0.6 is 0 Å². The van der Waals surface area contributed by atoms with Crippen molar-refractivity contribution in [1.82, 2.24) is 10.1 Å². The van der Waals surface area contributed by atoms with Crippen molar-refractivity contribution in [3.05, 3.63) is 64.7 Å². The highest BCUT2D eigenvalue weighted by molar-refractivity contribution is 6.02. The van der Waals surface area contributed by atoms with Gasteiger partial charge in [-0.3, -0.25) is 14.3 Å². The first kappa shape index (κ1) is 19.8. The molecule has 1 heterocycles. The molecule has 10 heteroatoms. The molecular formula is C19H15F2N3O5. The summed E-state index contributed by atoms with van der Waals surface area (Å²) >= 11 is 0. The number of alkyl halides is 2. The monoisotopic (exact) mass is 403 g/mol. The molecule has 0 aliphatic rings. The zero-order valence-corrected chi connectivity index (χ0v) is 15.0. The third kappa shape index (κ3) is 5.28. The number of ether oxygens (including phenoxy) is 2. The Morgan fingerprint density at radius 1 is 1.24 bits per heavy atom. The molecule has 0 aliphatic carbocycles. The summed E-state index contributed by atoms with van der Waals surface area (Å²) in [5.74, 6) is -0.866. The largest absolute Gasteiger partial charge is 0.493 e. The highest BCUT2D eigenvalue weighted by atomic mass is 19.3. The Kier molecular flexibility index (Phi) is 6.03. The summed E-state index contributed by atoms with van der Waals surface area (Å²) in [6.07, 6.45) is 2.76. The van der Waals surface area contributed by atoms with Gasteiger partial charge in [0, 0.05) is 17.3 Å². The van der Waals surface area contributed by atoms with Gasteiger partial charge in [0.15, 0.2) is 17.3 Å². The maximum absolute atomic E-state index is 12.4. The number of anilines is 1. The van der Waals surface area contributed by atoms with Crippen LogP contribution in [0.15, 0.2) is 57.9 Å². The van der Waals surface area contributed by atoms with Gasteiger partial charge >= 0.3 is 12.4 Å². The fourth-order valence-electron chi connectivity index (χ4n) is 2.44. The maximum atomic E-state index is 12.4. The van der Waals surface area contributed by atoms with E-state index in [9.17, 15) is 18.4 Å². The summed E-state index contributed by atoms with van der Waals surface area (Å²) in [5, 5.41) is 6.25. The molecule has 1 aromatic heterocycles. The van der Waals surface area contributed by atoms with E-state index >= 15 is 0 Å². The van der Waals surface area contributed by atoms with Crippen LogP contribution in [0, 0.1) is 0 Å². The van der Waals surface area contributed by atoms with Crippen LogP contribution in [0.4, 0.5) is 14.5 Å². The smallest absolute Gasteiger partial charge is 0.439 e. The van der Waals surface area contributed by atoms with Crippen LogP contribution in [0.1, 0.15) is 5.56 Å². The lowest BCUT2D eigenvalue weighted by atomic mass is 10.1. The SMILES string of the molecule is COc1cc(/C=C/C(=O)Nc2cccc(-c3noc(=O)[nH]3)c2)ccc1OC(F)F. The second-order valence-corrected chi connectivity index (χ2v) is 5.64. The summed E-state index contributed by atoms with van der Waals surface area (Å²) in [7, 11) is 1.32. The Labute approximate surface area is 162 Å². The number of halogens is 2. The van der Waals surface area contributed by atoms with E-state index in [0.29, 0.717) is 16.8 Å². The number of H-pyrrole nitrogens is 1. The second-order valence-electron chi connectivity index (χ2n) is 5.64. The molecule has 0 unspecified atom stereocenters. The number of nitrogens with zero attached hydrogens (tertiary/aromatic N) is 1. The van der Waals surface area contributed by atoms with Crippen molar-refractivity contribution in [2.75, 3.05) is 12.4 Å². The lowest BCUT2D eigenvalue weighted by Crippen LogP contribution is -2.07. The molecule has 29 heavy (non-hydrogen) atoms. The number of aromatic nitrogens is 2. The lowest BCUT2D eigenvalue weighted by Gasteiger charge is -2.10. The third-order valence-corrected chi connectivity index (χ3v) is 3.67. The minimum Gasteiger partial charge on any atom is -0.493 e. The van der Waals surface area contributed by atoms with Gasteiger partial charge in [0.05, 0.1) is 7.11 Å². The van der Waals surface area contributed by atoms with Crippen molar-refractivity contribution in [1.29, 1.82) is 0 Å². The van der Waals surface area contributed by atoms with Crippen LogP contribution in [0.3, 0.4) is 0 Å². The minimum absolute atomic E-state index is 0.105. The molecule has 0 fully saturated rings. The van der Waals surface area contributed by atoms with Gasteiger partial charge in [-0.05, 0) is 35.9 Å². The van der Waals surface area contributed by atoms with Gasteiger partial charge in [-0.2, -0.15) is 8.78 Å². The summed E-state index contributed by atoms with van der Waals surface area (Å²) in [6, 6.07) is 10.9. The molecule has 0 bridgehead atoms. The topological polar surface area (TPSA) is 106 Å². The van der Waals surface area contributed by atoms with Crippen LogP contribution in [0.5, 0.6) is 11.5 Å². The Balaban J connectivity index is 1.69. The van der Waals surface area contributed by atoms with Crippen LogP contribution in [-0.2, 0) is 4.79 Å². The number of rotatable bonds is 7. The van der Waals surface area contributed by atoms with Crippen LogP contribution in [-0.4, -0.2) is 29.8 Å². The molecule has 0 saturated heterocycles. The zero-order valence-electron chi connectivity index (χ0n) is 15.0. The Morgan fingerprint density at radius 3 is 2.76 bits per heavy atom. The van der Waals surface area contributed by atoms with Crippen molar-refractivity contribution < 1.29 is 27.6 Å².